The summed E-state index contributed by atoms with van der Waals surface area (Å²) in [6, 6.07) is 8.27. The van der Waals surface area contributed by atoms with E-state index in [1.165, 1.54) is 0 Å². The molecule has 0 aliphatic heterocycles. The predicted molar refractivity (Wildman–Crippen MR) is 81.7 cm³/mol. The lowest BCUT2D eigenvalue weighted by Crippen LogP contribution is -2.23. The van der Waals surface area contributed by atoms with Gasteiger partial charge in [-0.15, -0.1) is 0 Å². The molecule has 0 fully saturated rings. The molecule has 0 radical (unpaired) electrons. The van der Waals surface area contributed by atoms with Gasteiger partial charge in [0.15, 0.2) is 0 Å². The van der Waals surface area contributed by atoms with Crippen LogP contribution < -0.4 is 0 Å². The molecule has 2 heterocycles. The van der Waals surface area contributed by atoms with Gasteiger partial charge in [0.25, 0.3) is 0 Å². The Bertz CT molecular complexity index is 568. The van der Waals surface area contributed by atoms with Crippen LogP contribution in [0.4, 0.5) is 0 Å². The fourth-order valence-corrected chi connectivity index (χ4v) is 2.23. The summed E-state index contributed by atoms with van der Waals surface area (Å²) in [5.74, 6) is 0. The summed E-state index contributed by atoms with van der Waals surface area (Å²) < 4.78 is 0. The Kier molecular flexibility index (Phi) is 3.89. The van der Waals surface area contributed by atoms with Gasteiger partial charge in [0.2, 0.25) is 0 Å². The zero-order valence-corrected chi connectivity index (χ0v) is 13.0. The van der Waals surface area contributed by atoms with E-state index in [2.05, 4.69) is 62.8 Å². The summed E-state index contributed by atoms with van der Waals surface area (Å²) in [7, 11) is 0. The first kappa shape index (κ1) is 14.6. The highest BCUT2D eigenvalue weighted by molar-refractivity contribution is 5.21. The van der Waals surface area contributed by atoms with Crippen LogP contribution in [0.1, 0.15) is 51.7 Å². The molecule has 0 saturated carbocycles. The fraction of sp³-hybridized carbons (Fsp3) is 0.471. The van der Waals surface area contributed by atoms with Gasteiger partial charge in [0.05, 0.1) is 0 Å². The lowest BCUT2D eigenvalue weighted by atomic mass is 9.83. The van der Waals surface area contributed by atoms with E-state index in [0.29, 0.717) is 0 Å². The van der Waals surface area contributed by atoms with Crippen molar-refractivity contribution in [2.45, 2.75) is 51.9 Å². The maximum absolute atomic E-state index is 4.81. The molecule has 2 aromatic heterocycles. The average molecular weight is 269 g/mol. The Morgan fingerprint density at radius 2 is 1.70 bits per heavy atom. The van der Waals surface area contributed by atoms with Crippen molar-refractivity contribution in [2.24, 2.45) is 0 Å². The van der Waals surface area contributed by atoms with Crippen LogP contribution in [0, 0.1) is 0 Å². The van der Waals surface area contributed by atoms with Crippen LogP contribution in [0.5, 0.6) is 0 Å². The van der Waals surface area contributed by atoms with E-state index in [1.54, 1.807) is 12.5 Å². The number of hydrogen-bond donors (Lipinski definition) is 0. The monoisotopic (exact) mass is 269 g/mol. The van der Waals surface area contributed by atoms with Crippen LogP contribution in [0.25, 0.3) is 0 Å². The molecular weight excluding hydrogens is 246 g/mol. The lowest BCUT2D eigenvalue weighted by molar-refractivity contribution is 0.491. The number of hydrogen-bond acceptors (Lipinski definition) is 3. The van der Waals surface area contributed by atoms with Crippen molar-refractivity contribution in [3.05, 3.63) is 53.9 Å². The van der Waals surface area contributed by atoms with E-state index < -0.39 is 0 Å². The molecule has 106 valence electrons. The molecule has 0 aliphatic rings. The van der Waals surface area contributed by atoms with E-state index in [-0.39, 0.29) is 10.8 Å². The van der Waals surface area contributed by atoms with Crippen molar-refractivity contribution in [1.29, 1.82) is 0 Å². The van der Waals surface area contributed by atoms with Crippen LogP contribution in [-0.4, -0.2) is 15.0 Å². The van der Waals surface area contributed by atoms with Gasteiger partial charge in [-0.2, -0.15) is 0 Å². The third-order valence-electron chi connectivity index (χ3n) is 3.47. The summed E-state index contributed by atoms with van der Waals surface area (Å²) in [5.41, 5.74) is 3.33. The highest BCUT2D eigenvalue weighted by atomic mass is 14.8. The molecule has 0 saturated heterocycles. The van der Waals surface area contributed by atoms with E-state index in [0.717, 1.165) is 23.5 Å². The predicted octanol–water partition coefficient (Wildman–Crippen LogP) is 3.69. The molecule has 0 atom stereocenters. The van der Waals surface area contributed by atoms with Crippen LogP contribution in [-0.2, 0) is 17.3 Å². The minimum absolute atomic E-state index is 0.0492. The van der Waals surface area contributed by atoms with E-state index in [9.17, 15) is 0 Å². The summed E-state index contributed by atoms with van der Waals surface area (Å²) in [4.78, 5) is 13.2. The van der Waals surface area contributed by atoms with Crippen molar-refractivity contribution in [3.63, 3.8) is 0 Å². The van der Waals surface area contributed by atoms with Gasteiger partial charge < -0.3 is 0 Å². The SMILES string of the molecule is CC(C)(C)c1cccc(CC(C)(C)c2ccncn2)n1. The van der Waals surface area contributed by atoms with Crippen molar-refractivity contribution in [1.82, 2.24) is 15.0 Å². The molecular formula is C17H23N3. The van der Waals surface area contributed by atoms with Gasteiger partial charge in [-0.05, 0) is 18.2 Å². The molecule has 0 N–H and O–H groups in total. The topological polar surface area (TPSA) is 38.7 Å². The quantitative estimate of drug-likeness (QED) is 0.853. The first-order chi connectivity index (χ1) is 9.29. The van der Waals surface area contributed by atoms with Gasteiger partial charge >= 0.3 is 0 Å². The number of aromatic nitrogens is 3. The summed E-state index contributed by atoms with van der Waals surface area (Å²) in [6.45, 7) is 11.0. The molecule has 2 rings (SSSR count). The van der Waals surface area contributed by atoms with Crippen LogP contribution >= 0.6 is 0 Å². The van der Waals surface area contributed by atoms with Gasteiger partial charge in [-0.25, -0.2) is 9.97 Å². The second-order valence-electron chi connectivity index (χ2n) is 6.92. The molecule has 0 bridgehead atoms. The summed E-state index contributed by atoms with van der Waals surface area (Å²) >= 11 is 0. The van der Waals surface area contributed by atoms with Crippen molar-refractivity contribution in [3.8, 4) is 0 Å². The molecule has 0 aromatic carbocycles. The third-order valence-corrected chi connectivity index (χ3v) is 3.47. The summed E-state index contributed by atoms with van der Waals surface area (Å²) in [6.07, 6.45) is 4.27. The van der Waals surface area contributed by atoms with Crippen molar-refractivity contribution < 1.29 is 0 Å². The standard InChI is InChI=1S/C17H23N3/c1-16(2,3)14-8-6-7-13(20-14)11-17(4,5)15-9-10-18-12-19-15/h6-10,12H,11H2,1-5H3. The Morgan fingerprint density at radius 3 is 2.30 bits per heavy atom. The van der Waals surface area contributed by atoms with Gasteiger partial charge in [0, 0.05) is 40.5 Å². The Balaban J connectivity index is 2.26. The second kappa shape index (κ2) is 5.31. The molecule has 0 spiro atoms. The largest absolute Gasteiger partial charge is 0.257 e. The third kappa shape index (κ3) is 3.41. The minimum Gasteiger partial charge on any atom is -0.257 e. The van der Waals surface area contributed by atoms with Crippen molar-refractivity contribution in [2.75, 3.05) is 0 Å². The van der Waals surface area contributed by atoms with E-state index in [4.69, 9.17) is 4.98 Å². The highest BCUT2D eigenvalue weighted by Gasteiger charge is 2.24. The Labute approximate surface area is 121 Å². The molecule has 0 aliphatic carbocycles. The van der Waals surface area contributed by atoms with Gasteiger partial charge in [-0.1, -0.05) is 40.7 Å². The van der Waals surface area contributed by atoms with Crippen molar-refractivity contribution >= 4 is 0 Å². The Hall–Kier alpha value is -1.77. The smallest absolute Gasteiger partial charge is 0.115 e. The number of nitrogens with zero attached hydrogens (tertiary/aromatic N) is 3. The zero-order valence-electron chi connectivity index (χ0n) is 13.0. The molecule has 20 heavy (non-hydrogen) atoms. The van der Waals surface area contributed by atoms with E-state index in [1.807, 2.05) is 6.07 Å². The second-order valence-corrected chi connectivity index (χ2v) is 6.92. The molecule has 3 heteroatoms. The molecule has 3 nitrogen and oxygen atoms in total. The van der Waals surface area contributed by atoms with Crippen LogP contribution in [0.2, 0.25) is 0 Å². The molecule has 0 unspecified atom stereocenters. The first-order valence-electron chi connectivity index (χ1n) is 7.02. The number of rotatable bonds is 3. The number of pyridine rings is 1. The van der Waals surface area contributed by atoms with Crippen LogP contribution in [0.3, 0.4) is 0 Å². The zero-order chi connectivity index (χ0) is 14.8. The highest BCUT2D eigenvalue weighted by Crippen LogP contribution is 2.26. The molecule has 0 amide bonds. The maximum atomic E-state index is 4.81. The average Bonchev–Trinajstić information content (AvgIpc) is 2.38. The minimum atomic E-state index is -0.0492. The fourth-order valence-electron chi connectivity index (χ4n) is 2.23. The normalized spacial score (nSPS) is 12.4. The van der Waals surface area contributed by atoms with Gasteiger partial charge in [0.1, 0.15) is 6.33 Å². The maximum Gasteiger partial charge on any atom is 0.115 e. The van der Waals surface area contributed by atoms with Crippen LogP contribution in [0.15, 0.2) is 36.8 Å². The van der Waals surface area contributed by atoms with E-state index >= 15 is 0 Å². The Morgan fingerprint density at radius 1 is 0.950 bits per heavy atom. The van der Waals surface area contributed by atoms with Gasteiger partial charge in [-0.3, -0.25) is 4.98 Å². The molecule has 2 aromatic rings. The first-order valence-corrected chi connectivity index (χ1v) is 7.02. The summed E-state index contributed by atoms with van der Waals surface area (Å²) in [5, 5.41) is 0. The lowest BCUT2D eigenvalue weighted by Gasteiger charge is -2.25.